The van der Waals surface area contributed by atoms with Crippen molar-refractivity contribution in [1.82, 2.24) is 9.80 Å². The highest BCUT2D eigenvalue weighted by Crippen LogP contribution is 2.40. The lowest BCUT2D eigenvalue weighted by atomic mass is 10.1. The van der Waals surface area contributed by atoms with Crippen LogP contribution in [0.4, 0.5) is 0 Å². The number of amides is 1. The summed E-state index contributed by atoms with van der Waals surface area (Å²) in [4.78, 5) is 31.8. The fourth-order valence-electron chi connectivity index (χ4n) is 4.78. The number of methoxy groups -OCH3 is 4. The monoisotopic (exact) mass is 554 g/mol. The molecule has 200 valence electrons. The second-order valence-electron chi connectivity index (χ2n) is 8.95. The molecule has 4 aromatic rings. The molecule has 1 aliphatic heterocycles. The molecule has 2 aromatic carbocycles. The minimum Gasteiger partial charge on any atom is -0.496 e. The molecule has 1 aliphatic rings. The van der Waals surface area contributed by atoms with E-state index in [1.807, 2.05) is 41.3 Å². The van der Waals surface area contributed by atoms with Crippen LogP contribution in [0, 0.1) is 0 Å². The number of Topliss-reactive ketones (excluding diaryl/α,β-unsaturated/α-hetero) is 1. The van der Waals surface area contributed by atoms with Crippen LogP contribution in [0.1, 0.15) is 25.8 Å². The minimum absolute atomic E-state index is 0.0132. The SMILES string of the molecule is COc1ccc(OC)c2sc(C(=O)CCN3CCN(C(=O)c4cc5c(OC)ccc(OC)c5s4)CC3)cc12. The van der Waals surface area contributed by atoms with Gasteiger partial charge in [-0.1, -0.05) is 0 Å². The molecule has 1 saturated heterocycles. The molecule has 38 heavy (non-hydrogen) atoms. The molecule has 0 saturated carbocycles. The second kappa shape index (κ2) is 11.2. The van der Waals surface area contributed by atoms with Crippen LogP contribution in [-0.2, 0) is 0 Å². The summed E-state index contributed by atoms with van der Waals surface area (Å²) in [5.74, 6) is 3.03. The predicted octanol–water partition coefficient (Wildman–Crippen LogP) is 5.18. The van der Waals surface area contributed by atoms with Crippen molar-refractivity contribution in [3.8, 4) is 23.0 Å². The number of thiophene rings is 2. The number of ketones is 1. The minimum atomic E-state index is 0.0132. The van der Waals surface area contributed by atoms with E-state index in [9.17, 15) is 9.59 Å². The van der Waals surface area contributed by atoms with Gasteiger partial charge in [0.15, 0.2) is 5.78 Å². The number of rotatable bonds is 9. The number of hydrogen-bond donors (Lipinski definition) is 0. The van der Waals surface area contributed by atoms with Crippen molar-refractivity contribution in [2.24, 2.45) is 0 Å². The molecule has 0 spiro atoms. The largest absolute Gasteiger partial charge is 0.496 e. The molecule has 3 heterocycles. The highest BCUT2D eigenvalue weighted by Gasteiger charge is 2.25. The van der Waals surface area contributed by atoms with Crippen molar-refractivity contribution >= 4 is 54.5 Å². The van der Waals surface area contributed by atoms with Crippen molar-refractivity contribution in [1.29, 1.82) is 0 Å². The van der Waals surface area contributed by atoms with Gasteiger partial charge in [-0.3, -0.25) is 14.5 Å². The number of nitrogens with zero attached hydrogens (tertiary/aromatic N) is 2. The summed E-state index contributed by atoms with van der Waals surface area (Å²) >= 11 is 2.87. The summed E-state index contributed by atoms with van der Waals surface area (Å²) < 4.78 is 23.7. The van der Waals surface area contributed by atoms with E-state index in [0.717, 1.165) is 56.3 Å². The predicted molar refractivity (Wildman–Crippen MR) is 151 cm³/mol. The van der Waals surface area contributed by atoms with Crippen molar-refractivity contribution in [3.63, 3.8) is 0 Å². The third-order valence-electron chi connectivity index (χ3n) is 6.89. The number of ether oxygens (including phenoxy) is 4. The van der Waals surface area contributed by atoms with Gasteiger partial charge in [0.05, 0.1) is 47.6 Å². The maximum atomic E-state index is 13.3. The number of hydrogen-bond acceptors (Lipinski definition) is 9. The molecule has 0 atom stereocenters. The molecule has 2 aromatic heterocycles. The summed E-state index contributed by atoms with van der Waals surface area (Å²) in [6.07, 6.45) is 0.418. The zero-order chi connectivity index (χ0) is 26.8. The van der Waals surface area contributed by atoms with E-state index in [2.05, 4.69) is 4.90 Å². The Bertz CT molecular complexity index is 1400. The van der Waals surface area contributed by atoms with Gasteiger partial charge in [0, 0.05) is 49.9 Å². The smallest absolute Gasteiger partial charge is 0.264 e. The Morgan fingerprint density at radius 2 is 1.18 bits per heavy atom. The van der Waals surface area contributed by atoms with Gasteiger partial charge in [0.1, 0.15) is 23.0 Å². The van der Waals surface area contributed by atoms with E-state index in [1.165, 1.54) is 22.7 Å². The van der Waals surface area contributed by atoms with Crippen LogP contribution in [0.15, 0.2) is 36.4 Å². The fourth-order valence-corrected chi connectivity index (χ4v) is 7.05. The first-order valence-electron chi connectivity index (χ1n) is 12.3. The number of carbonyl (C=O) groups excluding carboxylic acids is 2. The summed E-state index contributed by atoms with van der Waals surface area (Å²) in [5.41, 5.74) is 0. The van der Waals surface area contributed by atoms with E-state index in [1.54, 1.807) is 28.4 Å². The number of fused-ring (bicyclic) bond motifs is 2. The normalized spacial score (nSPS) is 14.2. The van der Waals surface area contributed by atoms with Gasteiger partial charge >= 0.3 is 0 Å². The standard InChI is InChI=1S/C28H30N2O6S2/c1-33-20-5-7-22(35-3)26-17(20)15-24(37-26)19(31)9-10-29-11-13-30(14-12-29)28(32)25-16-18-21(34-2)6-8-23(36-4)27(18)38-25/h5-8,15-16H,9-14H2,1-4H3. The molecular weight excluding hydrogens is 524 g/mol. The van der Waals surface area contributed by atoms with Gasteiger partial charge in [-0.15, -0.1) is 22.7 Å². The third kappa shape index (κ3) is 4.91. The zero-order valence-corrected chi connectivity index (χ0v) is 23.5. The highest BCUT2D eigenvalue weighted by atomic mass is 32.1. The Kier molecular flexibility index (Phi) is 7.73. The van der Waals surface area contributed by atoms with Gasteiger partial charge in [-0.05, 0) is 36.4 Å². The van der Waals surface area contributed by atoms with E-state index in [0.29, 0.717) is 35.8 Å². The Morgan fingerprint density at radius 3 is 1.71 bits per heavy atom. The topological polar surface area (TPSA) is 77.5 Å². The van der Waals surface area contributed by atoms with Gasteiger partial charge in [-0.2, -0.15) is 0 Å². The molecule has 0 radical (unpaired) electrons. The van der Waals surface area contributed by atoms with E-state index < -0.39 is 0 Å². The Labute approximate surface area is 229 Å². The first kappa shape index (κ1) is 26.3. The van der Waals surface area contributed by atoms with Gasteiger partial charge in [0.2, 0.25) is 0 Å². The van der Waals surface area contributed by atoms with Crippen molar-refractivity contribution in [2.75, 3.05) is 61.2 Å². The molecule has 8 nitrogen and oxygen atoms in total. The lowest BCUT2D eigenvalue weighted by Gasteiger charge is -2.34. The number of carbonyl (C=O) groups is 2. The number of piperazine rings is 1. The van der Waals surface area contributed by atoms with E-state index in [-0.39, 0.29) is 11.7 Å². The average Bonchev–Trinajstić information content (AvgIpc) is 3.61. The van der Waals surface area contributed by atoms with Crippen LogP contribution < -0.4 is 18.9 Å². The Morgan fingerprint density at radius 1 is 0.711 bits per heavy atom. The van der Waals surface area contributed by atoms with Crippen LogP contribution in [0.25, 0.3) is 20.2 Å². The van der Waals surface area contributed by atoms with Crippen molar-refractivity contribution in [2.45, 2.75) is 6.42 Å². The van der Waals surface area contributed by atoms with E-state index in [4.69, 9.17) is 18.9 Å². The first-order chi connectivity index (χ1) is 18.5. The van der Waals surface area contributed by atoms with Crippen LogP contribution in [0.2, 0.25) is 0 Å². The summed E-state index contributed by atoms with van der Waals surface area (Å²) in [7, 11) is 6.50. The third-order valence-corrected chi connectivity index (χ3v) is 9.22. The highest BCUT2D eigenvalue weighted by molar-refractivity contribution is 7.21. The molecule has 0 N–H and O–H groups in total. The molecule has 5 rings (SSSR count). The fraction of sp³-hybridized carbons (Fsp3) is 0.357. The van der Waals surface area contributed by atoms with E-state index >= 15 is 0 Å². The quantitative estimate of drug-likeness (QED) is 0.264. The first-order valence-corrected chi connectivity index (χ1v) is 13.9. The van der Waals surface area contributed by atoms with Crippen LogP contribution in [0.5, 0.6) is 23.0 Å². The van der Waals surface area contributed by atoms with Crippen LogP contribution in [-0.4, -0.2) is 82.7 Å². The maximum absolute atomic E-state index is 13.3. The molecule has 10 heteroatoms. The van der Waals surface area contributed by atoms with Crippen LogP contribution in [0.3, 0.4) is 0 Å². The summed E-state index contributed by atoms with van der Waals surface area (Å²) in [5, 5.41) is 1.78. The Hall–Kier alpha value is -3.34. The van der Waals surface area contributed by atoms with Gasteiger partial charge < -0.3 is 23.8 Å². The molecule has 1 fully saturated rings. The molecule has 0 unspecified atom stereocenters. The van der Waals surface area contributed by atoms with Crippen LogP contribution >= 0.6 is 22.7 Å². The lowest BCUT2D eigenvalue weighted by molar-refractivity contribution is 0.0633. The summed E-state index contributed by atoms with van der Waals surface area (Å²) in [6.45, 7) is 3.34. The zero-order valence-electron chi connectivity index (χ0n) is 21.9. The molecule has 0 aliphatic carbocycles. The Balaban J connectivity index is 1.20. The second-order valence-corrected chi connectivity index (χ2v) is 11.1. The summed E-state index contributed by atoms with van der Waals surface area (Å²) in [6, 6.07) is 11.2. The van der Waals surface area contributed by atoms with Crippen molar-refractivity contribution in [3.05, 3.63) is 46.2 Å². The maximum Gasteiger partial charge on any atom is 0.264 e. The van der Waals surface area contributed by atoms with Gasteiger partial charge in [0.25, 0.3) is 5.91 Å². The van der Waals surface area contributed by atoms with Gasteiger partial charge in [-0.25, -0.2) is 0 Å². The molecule has 1 amide bonds. The molecule has 0 bridgehead atoms. The molecular formula is C28H30N2O6S2. The van der Waals surface area contributed by atoms with Crippen molar-refractivity contribution < 1.29 is 28.5 Å². The number of benzene rings is 2. The lowest BCUT2D eigenvalue weighted by Crippen LogP contribution is -2.48. The average molecular weight is 555 g/mol.